The molecule has 0 aliphatic carbocycles. The van der Waals surface area contributed by atoms with Gasteiger partial charge in [0.1, 0.15) is 17.4 Å². The fourth-order valence-electron chi connectivity index (χ4n) is 1.64. The van der Waals surface area contributed by atoms with Crippen LogP contribution in [0.4, 0.5) is 0 Å². The Morgan fingerprint density at radius 2 is 1.90 bits per heavy atom. The molecule has 1 aromatic rings. The van der Waals surface area contributed by atoms with Gasteiger partial charge in [0, 0.05) is 6.20 Å². The number of pyridine rings is 1. The summed E-state index contributed by atoms with van der Waals surface area (Å²) in [6, 6.07) is 0.522. The highest BCUT2D eigenvalue weighted by Crippen LogP contribution is 2.14. The van der Waals surface area contributed by atoms with E-state index in [2.05, 4.69) is 10.3 Å². The van der Waals surface area contributed by atoms with E-state index in [1.807, 2.05) is 13.8 Å². The van der Waals surface area contributed by atoms with Crippen molar-refractivity contribution < 1.29 is 19.4 Å². The number of aromatic nitrogens is 1. The van der Waals surface area contributed by atoms with Crippen LogP contribution in [0.15, 0.2) is 18.5 Å². The van der Waals surface area contributed by atoms with Gasteiger partial charge in [0.2, 0.25) is 0 Å². The maximum absolute atomic E-state index is 12.1. The number of carbonyl (C=O) groups is 2. The molecule has 0 fully saturated rings. The molecular formula is C15H22N2O4. The number of amides is 1. The maximum atomic E-state index is 12.1. The highest BCUT2D eigenvalue weighted by atomic mass is 16.6. The second-order valence-corrected chi connectivity index (χ2v) is 6.16. The highest BCUT2D eigenvalue weighted by molar-refractivity contribution is 5.96. The van der Waals surface area contributed by atoms with Gasteiger partial charge in [-0.1, -0.05) is 13.8 Å². The second kappa shape index (κ2) is 6.56. The Morgan fingerprint density at radius 1 is 1.29 bits per heavy atom. The third-order valence-corrected chi connectivity index (χ3v) is 2.60. The number of esters is 1. The number of hydrogen-bond donors (Lipinski definition) is 2. The predicted octanol–water partition coefficient (Wildman–Crippen LogP) is 1.88. The van der Waals surface area contributed by atoms with Crippen LogP contribution in [0.1, 0.15) is 45.0 Å². The van der Waals surface area contributed by atoms with Crippen LogP contribution < -0.4 is 5.32 Å². The minimum absolute atomic E-state index is 0.110. The molecule has 0 saturated carbocycles. The lowest BCUT2D eigenvalue weighted by Crippen LogP contribution is -2.47. The fraction of sp³-hybridized carbons (Fsp3) is 0.533. The minimum atomic E-state index is -0.765. The Kier molecular flexibility index (Phi) is 5.29. The maximum Gasteiger partial charge on any atom is 0.329 e. The van der Waals surface area contributed by atoms with E-state index in [1.165, 1.54) is 18.5 Å². The topological polar surface area (TPSA) is 88.5 Å². The van der Waals surface area contributed by atoms with Gasteiger partial charge < -0.3 is 15.2 Å². The molecular weight excluding hydrogens is 272 g/mol. The zero-order chi connectivity index (χ0) is 16.2. The standard InChI is InChI=1S/C15H22N2O4/c1-9(2)12(14(20)21-15(3,4)5)17-13(19)10-6-11(18)8-16-7-10/h6-9,12,18H,1-5H3,(H,17,19)/t12-/m1/s1. The molecule has 1 aromatic heterocycles. The summed E-state index contributed by atoms with van der Waals surface area (Å²) < 4.78 is 5.30. The number of rotatable bonds is 4. The highest BCUT2D eigenvalue weighted by Gasteiger charge is 2.29. The van der Waals surface area contributed by atoms with E-state index in [9.17, 15) is 14.7 Å². The van der Waals surface area contributed by atoms with Gasteiger partial charge in [-0.2, -0.15) is 0 Å². The Labute approximate surface area is 124 Å². The number of ether oxygens (including phenoxy) is 1. The molecule has 0 saturated heterocycles. The lowest BCUT2D eigenvalue weighted by molar-refractivity contribution is -0.158. The van der Waals surface area contributed by atoms with Gasteiger partial charge in [-0.05, 0) is 32.8 Å². The van der Waals surface area contributed by atoms with E-state index in [1.54, 1.807) is 20.8 Å². The van der Waals surface area contributed by atoms with Crippen LogP contribution in [0.2, 0.25) is 0 Å². The van der Waals surface area contributed by atoms with Crippen molar-refractivity contribution >= 4 is 11.9 Å². The SMILES string of the molecule is CC(C)[C@@H](NC(=O)c1cncc(O)c1)C(=O)OC(C)(C)C. The quantitative estimate of drug-likeness (QED) is 0.828. The van der Waals surface area contributed by atoms with Crippen molar-refractivity contribution in [2.75, 3.05) is 0 Å². The smallest absolute Gasteiger partial charge is 0.329 e. The second-order valence-electron chi connectivity index (χ2n) is 6.16. The summed E-state index contributed by atoms with van der Waals surface area (Å²) in [5.41, 5.74) is -0.439. The molecule has 116 valence electrons. The Morgan fingerprint density at radius 3 is 2.38 bits per heavy atom. The molecule has 0 bridgehead atoms. The summed E-state index contributed by atoms with van der Waals surface area (Å²) in [6.45, 7) is 8.93. The number of nitrogens with zero attached hydrogens (tertiary/aromatic N) is 1. The summed E-state index contributed by atoms with van der Waals surface area (Å²) in [7, 11) is 0. The molecule has 1 rings (SSSR count). The van der Waals surface area contributed by atoms with Crippen LogP contribution in [0.3, 0.4) is 0 Å². The van der Waals surface area contributed by atoms with Gasteiger partial charge in [-0.3, -0.25) is 9.78 Å². The van der Waals surface area contributed by atoms with E-state index in [0.717, 1.165) is 0 Å². The number of carbonyl (C=O) groups excluding carboxylic acids is 2. The number of aromatic hydroxyl groups is 1. The van der Waals surface area contributed by atoms with Crippen LogP contribution in [0, 0.1) is 5.92 Å². The average Bonchev–Trinajstić information content (AvgIpc) is 2.32. The van der Waals surface area contributed by atoms with Crippen LogP contribution >= 0.6 is 0 Å². The minimum Gasteiger partial charge on any atom is -0.506 e. The van der Waals surface area contributed by atoms with E-state index in [-0.39, 0.29) is 17.2 Å². The summed E-state index contributed by atoms with van der Waals surface area (Å²) >= 11 is 0. The van der Waals surface area contributed by atoms with Gasteiger partial charge in [-0.25, -0.2) is 4.79 Å². The lowest BCUT2D eigenvalue weighted by Gasteiger charge is -2.26. The monoisotopic (exact) mass is 294 g/mol. The van der Waals surface area contributed by atoms with Crippen LogP contribution in [-0.2, 0) is 9.53 Å². The van der Waals surface area contributed by atoms with Crippen molar-refractivity contribution in [2.45, 2.75) is 46.3 Å². The van der Waals surface area contributed by atoms with Gasteiger partial charge in [0.25, 0.3) is 5.91 Å². The molecule has 21 heavy (non-hydrogen) atoms. The third kappa shape index (κ3) is 5.41. The molecule has 2 N–H and O–H groups in total. The molecule has 1 atom stereocenters. The molecule has 6 nitrogen and oxygen atoms in total. The number of hydrogen-bond acceptors (Lipinski definition) is 5. The molecule has 0 aliphatic rings. The molecule has 6 heteroatoms. The lowest BCUT2D eigenvalue weighted by atomic mass is 10.0. The first-order valence-corrected chi connectivity index (χ1v) is 6.78. The van der Waals surface area contributed by atoms with Crippen molar-refractivity contribution in [3.63, 3.8) is 0 Å². The Bertz CT molecular complexity index is 521. The molecule has 0 aromatic carbocycles. The summed E-state index contributed by atoms with van der Waals surface area (Å²) in [6.07, 6.45) is 2.55. The molecule has 1 heterocycles. The molecule has 1 amide bonds. The van der Waals surface area contributed by atoms with Gasteiger partial charge in [0.15, 0.2) is 0 Å². The normalized spacial score (nSPS) is 12.9. The van der Waals surface area contributed by atoms with Crippen LogP contribution in [0.5, 0.6) is 5.75 Å². The van der Waals surface area contributed by atoms with Crippen LogP contribution in [-0.4, -0.2) is 33.6 Å². The molecule has 0 spiro atoms. The summed E-state index contributed by atoms with van der Waals surface area (Å²) in [5.74, 6) is -1.21. The molecule has 0 aliphatic heterocycles. The first-order valence-electron chi connectivity index (χ1n) is 6.78. The predicted molar refractivity (Wildman–Crippen MR) is 77.8 cm³/mol. The van der Waals surface area contributed by atoms with Crippen LogP contribution in [0.25, 0.3) is 0 Å². The molecule has 0 radical (unpaired) electrons. The Hall–Kier alpha value is -2.11. The summed E-state index contributed by atoms with van der Waals surface area (Å²) in [5, 5.41) is 12.0. The Balaban J connectivity index is 2.84. The summed E-state index contributed by atoms with van der Waals surface area (Å²) in [4.78, 5) is 28.0. The van der Waals surface area contributed by atoms with E-state index < -0.39 is 23.5 Å². The first kappa shape index (κ1) is 16.9. The first-order chi connectivity index (χ1) is 9.60. The van der Waals surface area contributed by atoms with Crippen molar-refractivity contribution in [2.24, 2.45) is 5.92 Å². The van der Waals surface area contributed by atoms with Crippen molar-refractivity contribution in [3.8, 4) is 5.75 Å². The van der Waals surface area contributed by atoms with Gasteiger partial charge >= 0.3 is 5.97 Å². The molecule has 0 unspecified atom stereocenters. The zero-order valence-corrected chi connectivity index (χ0v) is 13.0. The van der Waals surface area contributed by atoms with E-state index >= 15 is 0 Å². The van der Waals surface area contributed by atoms with E-state index in [4.69, 9.17) is 4.74 Å². The van der Waals surface area contributed by atoms with E-state index in [0.29, 0.717) is 0 Å². The van der Waals surface area contributed by atoms with Crippen molar-refractivity contribution in [1.29, 1.82) is 0 Å². The average molecular weight is 294 g/mol. The van der Waals surface area contributed by atoms with Crippen molar-refractivity contribution in [1.82, 2.24) is 10.3 Å². The largest absolute Gasteiger partial charge is 0.506 e. The van der Waals surface area contributed by atoms with Gasteiger partial charge in [0.05, 0.1) is 11.8 Å². The van der Waals surface area contributed by atoms with Crippen molar-refractivity contribution in [3.05, 3.63) is 24.0 Å². The van der Waals surface area contributed by atoms with Gasteiger partial charge in [-0.15, -0.1) is 0 Å². The third-order valence-electron chi connectivity index (χ3n) is 2.60. The fourth-order valence-corrected chi connectivity index (χ4v) is 1.64. The number of nitrogens with one attached hydrogen (secondary N) is 1. The zero-order valence-electron chi connectivity index (χ0n) is 13.0.